The maximum Gasteiger partial charge on any atom is 0.319 e. The van der Waals surface area contributed by atoms with Crippen molar-refractivity contribution in [1.82, 2.24) is 5.32 Å². The molecule has 0 aliphatic heterocycles. The lowest BCUT2D eigenvalue weighted by Gasteiger charge is -2.13. The Bertz CT molecular complexity index is 617. The molecule has 0 saturated heterocycles. The van der Waals surface area contributed by atoms with Crippen molar-refractivity contribution in [1.29, 1.82) is 0 Å². The molecule has 2 rings (SSSR count). The van der Waals surface area contributed by atoms with Gasteiger partial charge in [0.25, 0.3) is 0 Å². The lowest BCUT2D eigenvalue weighted by atomic mass is 10.0. The molecule has 5 heteroatoms. The Morgan fingerprint density at radius 1 is 1.13 bits per heavy atom. The van der Waals surface area contributed by atoms with Gasteiger partial charge in [-0.05, 0) is 18.1 Å². The van der Waals surface area contributed by atoms with Crippen molar-refractivity contribution < 1.29 is 14.6 Å². The van der Waals surface area contributed by atoms with Gasteiger partial charge in [-0.1, -0.05) is 48.5 Å². The summed E-state index contributed by atoms with van der Waals surface area (Å²) in [5.74, 6) is 0. The van der Waals surface area contributed by atoms with Crippen LogP contribution in [0.1, 0.15) is 6.42 Å². The van der Waals surface area contributed by atoms with Gasteiger partial charge >= 0.3 is 6.03 Å². The van der Waals surface area contributed by atoms with Crippen LogP contribution in [0.5, 0.6) is 0 Å². The van der Waals surface area contributed by atoms with Crippen molar-refractivity contribution in [3.05, 3.63) is 54.6 Å². The van der Waals surface area contributed by atoms with Crippen molar-refractivity contribution in [2.24, 2.45) is 0 Å². The van der Waals surface area contributed by atoms with E-state index in [1.54, 1.807) is 0 Å². The summed E-state index contributed by atoms with van der Waals surface area (Å²) in [5.41, 5.74) is 2.75. The molecule has 5 nitrogen and oxygen atoms in total. The van der Waals surface area contributed by atoms with Crippen LogP contribution >= 0.6 is 0 Å². The molecule has 2 aromatic carbocycles. The molecule has 122 valence electrons. The Morgan fingerprint density at radius 3 is 2.57 bits per heavy atom. The van der Waals surface area contributed by atoms with E-state index in [1.807, 2.05) is 54.6 Å². The second-order valence-electron chi connectivity index (χ2n) is 5.19. The maximum absolute atomic E-state index is 12.0. The number of nitrogens with one attached hydrogen (secondary N) is 2. The van der Waals surface area contributed by atoms with Gasteiger partial charge in [-0.25, -0.2) is 4.79 Å². The number of carbonyl (C=O) groups excluding carboxylic acids is 1. The molecule has 23 heavy (non-hydrogen) atoms. The van der Waals surface area contributed by atoms with Gasteiger partial charge in [0.05, 0.1) is 18.4 Å². The number of ether oxygens (including phenoxy) is 1. The summed E-state index contributed by atoms with van der Waals surface area (Å²) in [7, 11) is 1.53. The van der Waals surface area contributed by atoms with Crippen LogP contribution in [0.3, 0.4) is 0 Å². The molecule has 0 radical (unpaired) electrons. The van der Waals surface area contributed by atoms with E-state index in [0.717, 1.165) is 16.8 Å². The molecule has 0 fully saturated rings. The van der Waals surface area contributed by atoms with Gasteiger partial charge < -0.3 is 20.5 Å². The van der Waals surface area contributed by atoms with Crippen molar-refractivity contribution in [3.63, 3.8) is 0 Å². The molecule has 2 aromatic rings. The molecule has 0 aliphatic rings. The first-order chi connectivity index (χ1) is 11.2. The van der Waals surface area contributed by atoms with Crippen molar-refractivity contribution in [3.8, 4) is 11.1 Å². The fourth-order valence-electron chi connectivity index (χ4n) is 2.26. The normalized spacial score (nSPS) is 11.7. The first kappa shape index (κ1) is 17.0. The average molecular weight is 314 g/mol. The van der Waals surface area contributed by atoms with Gasteiger partial charge in [-0.15, -0.1) is 0 Å². The van der Waals surface area contributed by atoms with Crippen LogP contribution in [0.15, 0.2) is 54.6 Å². The maximum atomic E-state index is 12.0. The summed E-state index contributed by atoms with van der Waals surface area (Å²) in [5, 5.41) is 15.1. The second kappa shape index (κ2) is 8.92. The number of anilines is 1. The molecular formula is C18H22N2O3. The van der Waals surface area contributed by atoms with Crippen LogP contribution < -0.4 is 10.6 Å². The predicted molar refractivity (Wildman–Crippen MR) is 91.4 cm³/mol. The summed E-state index contributed by atoms with van der Waals surface area (Å²) < 4.78 is 4.84. The minimum absolute atomic E-state index is 0.264. The molecule has 0 bridgehead atoms. The van der Waals surface area contributed by atoms with Crippen LogP contribution in [0.4, 0.5) is 10.5 Å². The zero-order chi connectivity index (χ0) is 16.5. The summed E-state index contributed by atoms with van der Waals surface area (Å²) in [6.45, 7) is 0.643. The molecule has 0 aromatic heterocycles. The zero-order valence-electron chi connectivity index (χ0n) is 13.2. The predicted octanol–water partition coefficient (Wildman–Crippen LogP) is 2.87. The van der Waals surface area contributed by atoms with E-state index in [-0.39, 0.29) is 12.6 Å². The topological polar surface area (TPSA) is 70.6 Å². The number of urea groups is 1. The fraction of sp³-hybridized carbons (Fsp3) is 0.278. The van der Waals surface area contributed by atoms with Gasteiger partial charge in [0, 0.05) is 19.2 Å². The molecule has 0 heterocycles. The monoisotopic (exact) mass is 314 g/mol. The molecule has 0 saturated carbocycles. The summed E-state index contributed by atoms with van der Waals surface area (Å²) in [4.78, 5) is 12.0. The molecule has 2 amide bonds. The zero-order valence-corrected chi connectivity index (χ0v) is 13.2. The number of methoxy groups -OCH3 is 1. The van der Waals surface area contributed by atoms with E-state index in [0.29, 0.717) is 13.0 Å². The minimum atomic E-state index is -0.572. The third-order valence-electron chi connectivity index (χ3n) is 3.38. The van der Waals surface area contributed by atoms with Crippen LogP contribution in [0.2, 0.25) is 0 Å². The Labute approximate surface area is 136 Å². The molecule has 0 spiro atoms. The van der Waals surface area contributed by atoms with Crippen LogP contribution in [-0.2, 0) is 4.74 Å². The molecule has 1 atom stereocenters. The Kier molecular flexibility index (Phi) is 6.59. The molecule has 0 aliphatic carbocycles. The van der Waals surface area contributed by atoms with Crippen LogP contribution in [-0.4, -0.2) is 37.5 Å². The lowest BCUT2D eigenvalue weighted by molar-refractivity contribution is 0.0599. The van der Waals surface area contributed by atoms with Gasteiger partial charge in [0.15, 0.2) is 0 Å². The highest BCUT2D eigenvalue weighted by atomic mass is 16.5. The number of carbonyl (C=O) groups is 1. The van der Waals surface area contributed by atoms with Crippen molar-refractivity contribution in [2.45, 2.75) is 12.5 Å². The summed E-state index contributed by atoms with van der Waals surface area (Å²) in [6, 6.07) is 17.2. The lowest BCUT2D eigenvalue weighted by Crippen LogP contribution is -2.32. The third kappa shape index (κ3) is 5.39. The first-order valence-corrected chi connectivity index (χ1v) is 7.57. The van der Waals surface area contributed by atoms with Crippen molar-refractivity contribution >= 4 is 11.7 Å². The number of hydrogen-bond acceptors (Lipinski definition) is 3. The number of hydrogen-bond donors (Lipinski definition) is 3. The van der Waals surface area contributed by atoms with Crippen molar-refractivity contribution in [2.75, 3.05) is 25.6 Å². The average Bonchev–Trinajstić information content (AvgIpc) is 2.56. The van der Waals surface area contributed by atoms with Gasteiger partial charge in [-0.3, -0.25) is 0 Å². The number of aliphatic hydroxyl groups excluding tert-OH is 1. The van der Waals surface area contributed by atoms with Gasteiger partial charge in [0.1, 0.15) is 0 Å². The van der Waals surface area contributed by atoms with Crippen LogP contribution in [0.25, 0.3) is 11.1 Å². The van der Waals surface area contributed by atoms with Gasteiger partial charge in [0.2, 0.25) is 0 Å². The summed E-state index contributed by atoms with van der Waals surface area (Å²) in [6.07, 6.45) is -0.126. The number of para-hydroxylation sites is 1. The number of benzene rings is 2. The van der Waals surface area contributed by atoms with E-state index in [1.165, 1.54) is 7.11 Å². The third-order valence-corrected chi connectivity index (χ3v) is 3.38. The number of rotatable bonds is 7. The first-order valence-electron chi connectivity index (χ1n) is 7.57. The van der Waals surface area contributed by atoms with Gasteiger partial charge in [-0.2, -0.15) is 0 Å². The molecular weight excluding hydrogens is 292 g/mol. The van der Waals surface area contributed by atoms with Crippen LogP contribution in [0, 0.1) is 0 Å². The summed E-state index contributed by atoms with van der Waals surface area (Å²) >= 11 is 0. The smallest absolute Gasteiger partial charge is 0.319 e. The Balaban J connectivity index is 1.94. The SMILES string of the molecule is COCC(O)CCNC(=O)Nc1ccccc1-c1ccccc1. The quantitative estimate of drug-likeness (QED) is 0.736. The van der Waals surface area contributed by atoms with E-state index in [2.05, 4.69) is 10.6 Å². The second-order valence-corrected chi connectivity index (χ2v) is 5.19. The van der Waals surface area contributed by atoms with E-state index in [4.69, 9.17) is 4.74 Å². The standard InChI is InChI=1S/C18H22N2O3/c1-23-13-15(21)11-12-19-18(22)20-17-10-6-5-9-16(17)14-7-3-2-4-8-14/h2-10,15,21H,11-13H2,1H3,(H2,19,20,22). The fourth-order valence-corrected chi connectivity index (χ4v) is 2.26. The highest BCUT2D eigenvalue weighted by Crippen LogP contribution is 2.27. The highest BCUT2D eigenvalue weighted by Gasteiger charge is 2.08. The number of amides is 2. The van der Waals surface area contributed by atoms with E-state index < -0.39 is 6.10 Å². The molecule has 1 unspecified atom stereocenters. The van der Waals surface area contributed by atoms with E-state index >= 15 is 0 Å². The Morgan fingerprint density at radius 2 is 1.83 bits per heavy atom. The largest absolute Gasteiger partial charge is 0.391 e. The number of aliphatic hydroxyl groups is 1. The highest BCUT2D eigenvalue weighted by molar-refractivity contribution is 5.94. The minimum Gasteiger partial charge on any atom is -0.391 e. The Hall–Kier alpha value is -2.37. The molecule has 3 N–H and O–H groups in total. The van der Waals surface area contributed by atoms with E-state index in [9.17, 15) is 9.90 Å².